The second-order valence-corrected chi connectivity index (χ2v) is 7.06. The first-order chi connectivity index (χ1) is 10.7. The van der Waals surface area contributed by atoms with Gasteiger partial charge in [-0.2, -0.15) is 0 Å². The molecule has 0 amide bonds. The fraction of sp³-hybridized carbons (Fsp3) is 0.333. The van der Waals surface area contributed by atoms with Crippen LogP contribution in [0.4, 0.5) is 0 Å². The summed E-state index contributed by atoms with van der Waals surface area (Å²) < 4.78 is 10.3. The molecule has 0 unspecified atom stereocenters. The highest BCUT2D eigenvalue weighted by atomic mass is 31.1. The van der Waals surface area contributed by atoms with Crippen molar-refractivity contribution in [3.8, 4) is 11.5 Å². The number of hydrogen-bond donors (Lipinski definition) is 1. The van der Waals surface area contributed by atoms with Crippen LogP contribution in [-0.2, 0) is 12.8 Å². The predicted molar refractivity (Wildman–Crippen MR) is 92.3 cm³/mol. The van der Waals surface area contributed by atoms with Gasteiger partial charge in [-0.05, 0) is 60.6 Å². The Morgan fingerprint density at radius 1 is 0.727 bits per heavy atom. The molecule has 0 spiro atoms. The molecule has 0 heterocycles. The van der Waals surface area contributed by atoms with Crippen LogP contribution in [0.1, 0.15) is 11.1 Å². The maximum atomic E-state index is 10.2. The van der Waals surface area contributed by atoms with E-state index < -0.39 is 8.15 Å². The molecule has 1 N–H and O–H groups in total. The van der Waals surface area contributed by atoms with Gasteiger partial charge in [0, 0.05) is 8.15 Å². The summed E-state index contributed by atoms with van der Waals surface area (Å²) in [6.45, 7) is 0. The lowest BCUT2D eigenvalue weighted by atomic mass is 10.2. The molecule has 0 aliphatic carbocycles. The van der Waals surface area contributed by atoms with Crippen LogP contribution in [-0.4, -0.2) is 31.4 Å². The van der Waals surface area contributed by atoms with E-state index in [4.69, 9.17) is 9.47 Å². The smallest absolute Gasteiger partial charge is 0.118 e. The van der Waals surface area contributed by atoms with Crippen molar-refractivity contribution in [1.29, 1.82) is 0 Å². The third-order valence-electron chi connectivity index (χ3n) is 3.64. The van der Waals surface area contributed by atoms with Crippen LogP contribution in [0, 0.1) is 0 Å². The van der Waals surface area contributed by atoms with Crippen molar-refractivity contribution < 1.29 is 14.4 Å². The highest BCUT2D eigenvalue weighted by Gasteiger charge is 2.06. The minimum atomic E-state index is -0.913. The number of rotatable bonds is 8. The molecule has 4 heteroatoms. The Morgan fingerprint density at radius 2 is 1.09 bits per heavy atom. The minimum absolute atomic E-state index is 0.845. The van der Waals surface area contributed by atoms with Crippen molar-refractivity contribution >= 4 is 8.15 Å². The maximum absolute atomic E-state index is 10.2. The van der Waals surface area contributed by atoms with Gasteiger partial charge in [-0.15, -0.1) is 0 Å². The van der Waals surface area contributed by atoms with Crippen molar-refractivity contribution in [2.45, 2.75) is 12.8 Å². The summed E-state index contributed by atoms with van der Waals surface area (Å²) in [5.41, 5.74) is 2.48. The molecular weight excluding hydrogens is 295 g/mol. The third-order valence-corrected chi connectivity index (χ3v) is 5.11. The Morgan fingerprint density at radius 3 is 1.41 bits per heavy atom. The summed E-state index contributed by atoms with van der Waals surface area (Å²) in [4.78, 5) is 10.2. The highest BCUT2D eigenvalue weighted by Crippen LogP contribution is 2.32. The number of hydrogen-bond acceptors (Lipinski definition) is 3. The maximum Gasteiger partial charge on any atom is 0.118 e. The van der Waals surface area contributed by atoms with E-state index in [0.717, 1.165) is 36.7 Å². The molecule has 0 bridgehead atoms. The van der Waals surface area contributed by atoms with Gasteiger partial charge in [-0.3, -0.25) is 0 Å². The topological polar surface area (TPSA) is 38.7 Å². The van der Waals surface area contributed by atoms with E-state index in [0.29, 0.717) is 0 Å². The van der Waals surface area contributed by atoms with Crippen molar-refractivity contribution in [3.63, 3.8) is 0 Å². The lowest BCUT2D eigenvalue weighted by Crippen LogP contribution is -1.97. The lowest BCUT2D eigenvalue weighted by molar-refractivity contribution is 0.414. The van der Waals surface area contributed by atoms with Crippen LogP contribution in [0.5, 0.6) is 11.5 Å². The van der Waals surface area contributed by atoms with Gasteiger partial charge in [0.25, 0.3) is 0 Å². The second kappa shape index (κ2) is 8.77. The summed E-state index contributed by atoms with van der Waals surface area (Å²) in [5, 5.41) is 0. The van der Waals surface area contributed by atoms with E-state index in [1.54, 1.807) is 14.2 Å². The van der Waals surface area contributed by atoms with Crippen LogP contribution >= 0.6 is 8.15 Å². The monoisotopic (exact) mass is 318 g/mol. The average Bonchev–Trinajstić information content (AvgIpc) is 2.59. The average molecular weight is 318 g/mol. The Labute approximate surface area is 133 Å². The first kappa shape index (κ1) is 16.8. The molecule has 0 aromatic heterocycles. The standard InChI is InChI=1S/C18H23O3P/c1-20-17-7-3-15(4-8-17)11-13-22(19)14-12-16-5-9-18(21-2)10-6-16/h3-10,19H,11-14H2,1-2H3. The Hall–Kier alpha value is -1.57. The van der Waals surface area contributed by atoms with Crippen LogP contribution in [0.2, 0.25) is 0 Å². The summed E-state index contributed by atoms with van der Waals surface area (Å²) in [5.74, 6) is 1.74. The fourth-order valence-electron chi connectivity index (χ4n) is 2.21. The van der Waals surface area contributed by atoms with E-state index in [2.05, 4.69) is 24.3 Å². The van der Waals surface area contributed by atoms with Gasteiger partial charge in [0.2, 0.25) is 0 Å². The van der Waals surface area contributed by atoms with Gasteiger partial charge in [-0.25, -0.2) is 0 Å². The molecule has 2 rings (SSSR count). The second-order valence-electron chi connectivity index (χ2n) is 5.15. The fourth-order valence-corrected chi connectivity index (χ4v) is 3.47. The molecular formula is C18H23O3P. The lowest BCUT2D eigenvalue weighted by Gasteiger charge is -2.11. The Bertz CT molecular complexity index is 500. The zero-order valence-electron chi connectivity index (χ0n) is 13.2. The molecule has 0 saturated heterocycles. The number of aryl methyl sites for hydroxylation is 2. The molecule has 2 aromatic carbocycles. The normalized spacial score (nSPS) is 10.7. The summed E-state index contributed by atoms with van der Waals surface area (Å²) in [7, 11) is 2.42. The van der Waals surface area contributed by atoms with Gasteiger partial charge in [-0.1, -0.05) is 24.3 Å². The van der Waals surface area contributed by atoms with Crippen LogP contribution < -0.4 is 9.47 Å². The summed E-state index contributed by atoms with van der Waals surface area (Å²) in [6.07, 6.45) is 3.51. The highest BCUT2D eigenvalue weighted by molar-refractivity contribution is 7.51. The van der Waals surface area contributed by atoms with E-state index in [1.807, 2.05) is 24.3 Å². The zero-order chi connectivity index (χ0) is 15.8. The molecule has 0 radical (unpaired) electrons. The van der Waals surface area contributed by atoms with Crippen LogP contribution in [0.3, 0.4) is 0 Å². The van der Waals surface area contributed by atoms with E-state index in [1.165, 1.54) is 11.1 Å². The number of ether oxygens (including phenoxy) is 2. The quantitative estimate of drug-likeness (QED) is 0.751. The molecule has 3 nitrogen and oxygen atoms in total. The first-order valence-electron chi connectivity index (χ1n) is 7.41. The number of methoxy groups -OCH3 is 2. The number of benzene rings is 2. The molecule has 2 aromatic rings. The first-order valence-corrected chi connectivity index (χ1v) is 9.07. The molecule has 0 aliphatic rings. The predicted octanol–water partition coefficient (Wildman–Crippen LogP) is 3.88. The van der Waals surface area contributed by atoms with Crippen molar-refractivity contribution in [2.75, 3.05) is 26.5 Å². The largest absolute Gasteiger partial charge is 0.497 e. The molecule has 0 saturated carbocycles. The van der Waals surface area contributed by atoms with Gasteiger partial charge in [0.1, 0.15) is 11.5 Å². The molecule has 22 heavy (non-hydrogen) atoms. The summed E-state index contributed by atoms with van der Waals surface area (Å²) in [6, 6.07) is 16.1. The molecule has 0 aliphatic heterocycles. The van der Waals surface area contributed by atoms with Crippen molar-refractivity contribution in [1.82, 2.24) is 0 Å². The van der Waals surface area contributed by atoms with Crippen molar-refractivity contribution in [3.05, 3.63) is 59.7 Å². The van der Waals surface area contributed by atoms with Gasteiger partial charge in [0.05, 0.1) is 14.2 Å². The van der Waals surface area contributed by atoms with E-state index in [-0.39, 0.29) is 0 Å². The Balaban J connectivity index is 1.73. The molecule has 118 valence electrons. The zero-order valence-corrected chi connectivity index (χ0v) is 14.1. The van der Waals surface area contributed by atoms with Gasteiger partial charge < -0.3 is 14.4 Å². The SMILES string of the molecule is COc1ccc(CCP(O)CCc2ccc(OC)cc2)cc1. The van der Waals surface area contributed by atoms with Crippen molar-refractivity contribution in [2.24, 2.45) is 0 Å². The third kappa shape index (κ3) is 5.32. The van der Waals surface area contributed by atoms with E-state index in [9.17, 15) is 4.89 Å². The Kier molecular flexibility index (Phi) is 6.70. The summed E-state index contributed by atoms with van der Waals surface area (Å²) >= 11 is 0. The van der Waals surface area contributed by atoms with E-state index >= 15 is 0 Å². The van der Waals surface area contributed by atoms with Gasteiger partial charge in [0.15, 0.2) is 0 Å². The van der Waals surface area contributed by atoms with Crippen LogP contribution in [0.25, 0.3) is 0 Å². The van der Waals surface area contributed by atoms with Crippen LogP contribution in [0.15, 0.2) is 48.5 Å². The van der Waals surface area contributed by atoms with Gasteiger partial charge >= 0.3 is 0 Å². The molecule has 0 atom stereocenters. The molecule has 0 fully saturated rings. The minimum Gasteiger partial charge on any atom is -0.497 e.